The van der Waals surface area contributed by atoms with E-state index >= 15 is 0 Å². The van der Waals surface area contributed by atoms with Gasteiger partial charge < -0.3 is 10.8 Å². The number of aromatic carboxylic acids is 1. The van der Waals surface area contributed by atoms with Crippen molar-refractivity contribution in [1.29, 1.82) is 0 Å². The summed E-state index contributed by atoms with van der Waals surface area (Å²) in [6.45, 7) is 0. The van der Waals surface area contributed by atoms with Gasteiger partial charge in [-0.2, -0.15) is 0 Å². The molecule has 0 unspecified atom stereocenters. The minimum Gasteiger partial charge on any atom is -0.477 e. The van der Waals surface area contributed by atoms with Gasteiger partial charge in [-0.3, -0.25) is 0 Å². The molecule has 0 aromatic carbocycles. The molecule has 7 heteroatoms. The second-order valence-corrected chi connectivity index (χ2v) is 5.24. The number of rotatable bonds is 3. The van der Waals surface area contributed by atoms with Crippen LogP contribution in [0.5, 0.6) is 0 Å². The molecule has 0 saturated heterocycles. The molecule has 92 valence electrons. The van der Waals surface area contributed by atoms with Gasteiger partial charge in [-0.15, -0.1) is 0 Å². The van der Waals surface area contributed by atoms with Crippen molar-refractivity contribution < 1.29 is 9.90 Å². The minimum atomic E-state index is -1.08. The van der Waals surface area contributed by atoms with E-state index in [9.17, 15) is 4.79 Å². The first-order valence-electron chi connectivity index (χ1n) is 4.85. The summed E-state index contributed by atoms with van der Waals surface area (Å²) in [7, 11) is 0. The fourth-order valence-corrected chi connectivity index (χ4v) is 2.18. The van der Waals surface area contributed by atoms with Gasteiger partial charge >= 0.3 is 5.97 Å². The molecule has 2 aromatic heterocycles. The Morgan fingerprint density at radius 2 is 2.11 bits per heavy atom. The van der Waals surface area contributed by atoms with Gasteiger partial charge in [0.2, 0.25) is 0 Å². The van der Waals surface area contributed by atoms with Crippen LogP contribution < -0.4 is 5.73 Å². The van der Waals surface area contributed by atoms with Crippen molar-refractivity contribution >= 4 is 39.3 Å². The highest BCUT2D eigenvalue weighted by Gasteiger charge is 2.10. The van der Waals surface area contributed by atoms with Crippen molar-refractivity contribution in [3.8, 4) is 0 Å². The lowest BCUT2D eigenvalue weighted by molar-refractivity contribution is 0.0690. The number of nitrogens with zero attached hydrogens (tertiary/aromatic N) is 2. The minimum absolute atomic E-state index is 0.0381. The number of aromatic nitrogens is 2. The quantitative estimate of drug-likeness (QED) is 0.901. The number of halogens is 1. The molecule has 18 heavy (non-hydrogen) atoms. The van der Waals surface area contributed by atoms with Gasteiger partial charge in [-0.05, 0) is 52.0 Å². The van der Waals surface area contributed by atoms with Gasteiger partial charge in [0.15, 0.2) is 0 Å². The first-order valence-corrected chi connectivity index (χ1v) is 6.46. The predicted molar refractivity (Wildman–Crippen MR) is 71.7 cm³/mol. The normalized spacial score (nSPS) is 10.3. The van der Waals surface area contributed by atoms with Crippen LogP contribution in [0.4, 0.5) is 5.69 Å². The van der Waals surface area contributed by atoms with E-state index in [1.165, 1.54) is 23.9 Å². The SMILES string of the molecule is Nc1ccc(C(=O)O)nc1Sc1ccc(Br)cn1. The fraction of sp³-hybridized carbons (Fsp3) is 0. The van der Waals surface area contributed by atoms with Gasteiger partial charge in [-0.25, -0.2) is 14.8 Å². The molecular weight excluding hydrogens is 318 g/mol. The first-order chi connectivity index (χ1) is 8.56. The molecule has 3 N–H and O–H groups in total. The van der Waals surface area contributed by atoms with Gasteiger partial charge in [0, 0.05) is 10.7 Å². The zero-order chi connectivity index (χ0) is 13.1. The van der Waals surface area contributed by atoms with Gasteiger partial charge in [0.25, 0.3) is 0 Å². The summed E-state index contributed by atoms with van der Waals surface area (Å²) in [6.07, 6.45) is 1.65. The third kappa shape index (κ3) is 2.99. The van der Waals surface area contributed by atoms with Crippen LogP contribution in [-0.2, 0) is 0 Å². The topological polar surface area (TPSA) is 89.1 Å². The lowest BCUT2D eigenvalue weighted by Gasteiger charge is -2.04. The highest BCUT2D eigenvalue weighted by Crippen LogP contribution is 2.29. The monoisotopic (exact) mass is 325 g/mol. The molecule has 0 aliphatic rings. The second kappa shape index (κ2) is 5.36. The lowest BCUT2D eigenvalue weighted by Crippen LogP contribution is -2.02. The van der Waals surface area contributed by atoms with Crippen molar-refractivity contribution in [2.75, 3.05) is 5.73 Å². The Morgan fingerprint density at radius 3 is 2.72 bits per heavy atom. The molecule has 0 atom stereocenters. The number of nitrogen functional groups attached to an aromatic ring is 1. The summed E-state index contributed by atoms with van der Waals surface area (Å²) in [6, 6.07) is 6.53. The number of pyridine rings is 2. The second-order valence-electron chi connectivity index (χ2n) is 3.31. The number of nitrogens with two attached hydrogens (primary N) is 1. The average Bonchev–Trinajstić information content (AvgIpc) is 2.34. The van der Waals surface area contributed by atoms with Crippen LogP contribution in [0, 0.1) is 0 Å². The van der Waals surface area contributed by atoms with Crippen LogP contribution in [0.25, 0.3) is 0 Å². The van der Waals surface area contributed by atoms with Gasteiger partial charge in [0.1, 0.15) is 15.7 Å². The van der Waals surface area contributed by atoms with Crippen LogP contribution in [0.15, 0.2) is 45.0 Å². The van der Waals surface area contributed by atoms with Crippen LogP contribution in [-0.4, -0.2) is 21.0 Å². The van der Waals surface area contributed by atoms with Crippen molar-refractivity contribution in [2.45, 2.75) is 10.1 Å². The molecular formula is C11H8BrN3O2S. The standard InChI is InChI=1S/C11H8BrN3O2S/c12-6-1-4-9(14-5-6)18-10-7(13)2-3-8(15-10)11(16)17/h1-5H,13H2,(H,16,17). The van der Waals surface area contributed by atoms with Crippen LogP contribution >= 0.6 is 27.7 Å². The van der Waals surface area contributed by atoms with E-state index in [0.29, 0.717) is 15.7 Å². The maximum Gasteiger partial charge on any atom is 0.354 e. The maximum absolute atomic E-state index is 10.8. The molecule has 0 aliphatic carbocycles. The Morgan fingerprint density at radius 1 is 1.33 bits per heavy atom. The van der Waals surface area contributed by atoms with Crippen molar-refractivity contribution in [1.82, 2.24) is 9.97 Å². The summed E-state index contributed by atoms with van der Waals surface area (Å²) < 4.78 is 0.868. The molecule has 5 nitrogen and oxygen atoms in total. The highest BCUT2D eigenvalue weighted by atomic mass is 79.9. The Balaban J connectivity index is 2.30. The zero-order valence-electron chi connectivity index (χ0n) is 9.00. The van der Waals surface area contributed by atoms with E-state index in [-0.39, 0.29) is 5.69 Å². The third-order valence-electron chi connectivity index (χ3n) is 2.01. The smallest absolute Gasteiger partial charge is 0.354 e. The summed E-state index contributed by atoms with van der Waals surface area (Å²) in [5.74, 6) is -1.08. The highest BCUT2D eigenvalue weighted by molar-refractivity contribution is 9.10. The zero-order valence-corrected chi connectivity index (χ0v) is 11.4. The summed E-state index contributed by atoms with van der Waals surface area (Å²) in [5.41, 5.74) is 6.14. The average molecular weight is 326 g/mol. The van der Waals surface area contributed by atoms with Gasteiger partial charge in [0.05, 0.1) is 5.69 Å². The molecule has 0 aliphatic heterocycles. The molecule has 2 rings (SSSR count). The van der Waals surface area contributed by atoms with Crippen molar-refractivity contribution in [2.24, 2.45) is 0 Å². The van der Waals surface area contributed by atoms with Crippen LogP contribution in [0.3, 0.4) is 0 Å². The molecule has 2 heterocycles. The Bertz CT molecular complexity index is 589. The van der Waals surface area contributed by atoms with Crippen molar-refractivity contribution in [3.05, 3.63) is 40.6 Å². The first kappa shape index (κ1) is 12.8. The van der Waals surface area contributed by atoms with E-state index in [2.05, 4.69) is 25.9 Å². The molecule has 0 spiro atoms. The third-order valence-corrected chi connectivity index (χ3v) is 3.45. The predicted octanol–water partition coefficient (Wildman–Crippen LogP) is 2.67. The number of anilines is 1. The van der Waals surface area contributed by atoms with E-state index in [1.54, 1.807) is 12.3 Å². The molecule has 0 amide bonds. The summed E-state index contributed by atoms with van der Waals surface area (Å²) >= 11 is 4.51. The lowest BCUT2D eigenvalue weighted by atomic mass is 10.3. The van der Waals surface area contributed by atoms with E-state index < -0.39 is 5.97 Å². The van der Waals surface area contributed by atoms with E-state index in [0.717, 1.165) is 4.47 Å². The summed E-state index contributed by atoms with van der Waals surface area (Å²) in [5, 5.41) is 10.00. The number of carboxylic acids is 1. The van der Waals surface area contributed by atoms with Crippen LogP contribution in [0.1, 0.15) is 10.5 Å². The maximum atomic E-state index is 10.8. The number of carboxylic acid groups (broad SMARTS) is 1. The fourth-order valence-electron chi connectivity index (χ4n) is 1.17. The van der Waals surface area contributed by atoms with Gasteiger partial charge in [-0.1, -0.05) is 0 Å². The number of hydrogen-bond donors (Lipinski definition) is 2. The number of hydrogen-bond acceptors (Lipinski definition) is 5. The molecule has 2 aromatic rings. The molecule has 0 bridgehead atoms. The van der Waals surface area contributed by atoms with E-state index in [4.69, 9.17) is 10.8 Å². The van der Waals surface area contributed by atoms with Crippen LogP contribution in [0.2, 0.25) is 0 Å². The molecule has 0 radical (unpaired) electrons. The largest absolute Gasteiger partial charge is 0.477 e. The Labute approximate surface area is 116 Å². The number of carbonyl (C=O) groups is 1. The van der Waals surface area contributed by atoms with Crippen molar-refractivity contribution in [3.63, 3.8) is 0 Å². The van der Waals surface area contributed by atoms with E-state index in [1.807, 2.05) is 6.07 Å². The summed E-state index contributed by atoms with van der Waals surface area (Å²) in [4.78, 5) is 19.0. The Hall–Kier alpha value is -1.60. The Kier molecular flexibility index (Phi) is 3.83. The molecule has 0 fully saturated rings. The molecule has 0 saturated carbocycles.